The predicted octanol–water partition coefficient (Wildman–Crippen LogP) is 2.09. The largest absolute Gasteiger partial charge is 0.460 e. The van der Waals surface area contributed by atoms with E-state index in [-0.39, 0.29) is 23.4 Å². The molecule has 0 radical (unpaired) electrons. The van der Waals surface area contributed by atoms with Crippen molar-refractivity contribution in [1.82, 2.24) is 0 Å². The van der Waals surface area contributed by atoms with Crippen molar-refractivity contribution >= 4 is 23.9 Å². The fourth-order valence-electron chi connectivity index (χ4n) is 2.37. The number of hydrogen-bond donors (Lipinski definition) is 0. The maximum atomic E-state index is 12.3. The summed E-state index contributed by atoms with van der Waals surface area (Å²) in [5, 5.41) is 0. The lowest BCUT2D eigenvalue weighted by atomic mass is 10.0. The standard InChI is InChI=1S/C19H28O8/c1-9(2)24-15(20)11(5)26-17(22)13-14(19(13,7)8)18(23)27-12(6)16(21)25-10(3)4/h9-12H,1-8H3/t11-,12-/m0/s1. The van der Waals surface area contributed by atoms with Crippen LogP contribution in [0.2, 0.25) is 0 Å². The maximum absolute atomic E-state index is 12.3. The fraction of sp³-hybridized carbons (Fsp3) is 0.684. The topological polar surface area (TPSA) is 105 Å². The second-order valence-corrected chi connectivity index (χ2v) is 7.44. The Labute approximate surface area is 159 Å². The molecule has 1 aliphatic carbocycles. The van der Waals surface area contributed by atoms with Gasteiger partial charge in [-0.3, -0.25) is 0 Å². The molecule has 0 aromatic rings. The molecular weight excluding hydrogens is 356 g/mol. The molecule has 152 valence electrons. The van der Waals surface area contributed by atoms with E-state index in [1.54, 1.807) is 41.5 Å². The molecule has 1 aliphatic rings. The highest BCUT2D eigenvalue weighted by Crippen LogP contribution is 2.53. The number of esters is 4. The van der Waals surface area contributed by atoms with Crippen molar-refractivity contribution in [3.05, 3.63) is 11.1 Å². The molecule has 8 heteroatoms. The summed E-state index contributed by atoms with van der Waals surface area (Å²) in [6.07, 6.45) is -2.90. The monoisotopic (exact) mass is 384 g/mol. The Morgan fingerprint density at radius 1 is 0.630 bits per heavy atom. The smallest absolute Gasteiger partial charge is 0.347 e. The number of carbonyl (C=O) groups is 4. The van der Waals surface area contributed by atoms with Gasteiger partial charge in [-0.25, -0.2) is 19.2 Å². The van der Waals surface area contributed by atoms with Gasteiger partial charge in [0.05, 0.1) is 23.4 Å². The first-order valence-electron chi connectivity index (χ1n) is 8.87. The zero-order valence-corrected chi connectivity index (χ0v) is 17.1. The van der Waals surface area contributed by atoms with Gasteiger partial charge in [0.15, 0.2) is 12.2 Å². The summed E-state index contributed by atoms with van der Waals surface area (Å²) < 4.78 is 20.1. The van der Waals surface area contributed by atoms with Gasteiger partial charge in [0.1, 0.15) is 0 Å². The second-order valence-electron chi connectivity index (χ2n) is 7.44. The zero-order chi connectivity index (χ0) is 21.1. The van der Waals surface area contributed by atoms with Crippen molar-refractivity contribution in [1.29, 1.82) is 0 Å². The SMILES string of the molecule is CC(C)OC(=O)[C@H](C)OC(=O)C1=C(C(=O)O[C@@H](C)C(=O)OC(C)C)C1(C)C. The highest BCUT2D eigenvalue weighted by molar-refractivity contribution is 6.12. The molecule has 0 amide bonds. The summed E-state index contributed by atoms with van der Waals surface area (Å²) in [5.41, 5.74) is -0.639. The average Bonchev–Trinajstić information content (AvgIpc) is 3.08. The van der Waals surface area contributed by atoms with Crippen molar-refractivity contribution < 1.29 is 38.1 Å². The molecule has 0 aliphatic heterocycles. The van der Waals surface area contributed by atoms with Gasteiger partial charge in [-0.05, 0) is 41.5 Å². The minimum atomic E-state index is -1.11. The van der Waals surface area contributed by atoms with Crippen LogP contribution in [0.15, 0.2) is 11.1 Å². The maximum Gasteiger partial charge on any atom is 0.347 e. The fourth-order valence-corrected chi connectivity index (χ4v) is 2.37. The van der Waals surface area contributed by atoms with E-state index in [1.807, 2.05) is 0 Å². The van der Waals surface area contributed by atoms with Crippen LogP contribution in [0, 0.1) is 5.41 Å². The van der Waals surface area contributed by atoms with Crippen molar-refractivity contribution in [2.45, 2.75) is 79.8 Å². The number of rotatable bonds is 8. The number of carbonyl (C=O) groups excluding carboxylic acids is 4. The van der Waals surface area contributed by atoms with Gasteiger partial charge < -0.3 is 18.9 Å². The van der Waals surface area contributed by atoms with Crippen LogP contribution in [-0.4, -0.2) is 48.3 Å². The Hall–Kier alpha value is -2.38. The molecule has 1 rings (SSSR count). The summed E-state index contributed by atoms with van der Waals surface area (Å²) >= 11 is 0. The minimum Gasteiger partial charge on any atom is -0.460 e. The molecule has 2 atom stereocenters. The van der Waals surface area contributed by atoms with Gasteiger partial charge in [-0.15, -0.1) is 0 Å². The summed E-state index contributed by atoms with van der Waals surface area (Å²) in [6.45, 7) is 12.8. The van der Waals surface area contributed by atoms with Crippen LogP contribution in [0.3, 0.4) is 0 Å². The summed E-state index contributed by atoms with van der Waals surface area (Å²) in [4.78, 5) is 48.1. The van der Waals surface area contributed by atoms with Crippen LogP contribution in [0.1, 0.15) is 55.4 Å². The third-order valence-corrected chi connectivity index (χ3v) is 3.78. The van der Waals surface area contributed by atoms with E-state index in [0.29, 0.717) is 0 Å². The Morgan fingerprint density at radius 3 is 1.19 bits per heavy atom. The second kappa shape index (κ2) is 8.54. The molecule has 0 aromatic heterocycles. The van der Waals surface area contributed by atoms with Crippen molar-refractivity contribution in [2.24, 2.45) is 5.41 Å². The van der Waals surface area contributed by atoms with Crippen LogP contribution in [0.5, 0.6) is 0 Å². The van der Waals surface area contributed by atoms with E-state index in [0.717, 1.165) is 0 Å². The Balaban J connectivity index is 2.76. The summed E-state index contributed by atoms with van der Waals surface area (Å²) in [6, 6.07) is 0. The lowest BCUT2D eigenvalue weighted by Gasteiger charge is -2.15. The highest BCUT2D eigenvalue weighted by Gasteiger charge is 2.55. The van der Waals surface area contributed by atoms with Crippen LogP contribution >= 0.6 is 0 Å². The van der Waals surface area contributed by atoms with E-state index in [2.05, 4.69) is 0 Å². The van der Waals surface area contributed by atoms with Gasteiger partial charge in [-0.2, -0.15) is 0 Å². The van der Waals surface area contributed by atoms with Crippen molar-refractivity contribution in [3.8, 4) is 0 Å². The van der Waals surface area contributed by atoms with Gasteiger partial charge in [0, 0.05) is 5.41 Å². The Bertz CT molecular complexity index is 603. The van der Waals surface area contributed by atoms with Crippen molar-refractivity contribution in [3.63, 3.8) is 0 Å². The van der Waals surface area contributed by atoms with E-state index in [1.165, 1.54) is 13.8 Å². The molecule has 0 spiro atoms. The molecule has 27 heavy (non-hydrogen) atoms. The molecule has 8 nitrogen and oxygen atoms in total. The first-order valence-corrected chi connectivity index (χ1v) is 8.87. The highest BCUT2D eigenvalue weighted by atomic mass is 16.6. The van der Waals surface area contributed by atoms with E-state index < -0.39 is 41.5 Å². The third kappa shape index (κ3) is 5.80. The van der Waals surface area contributed by atoms with Crippen LogP contribution in [0.25, 0.3) is 0 Å². The lowest BCUT2D eigenvalue weighted by Crippen LogP contribution is -2.28. The van der Waals surface area contributed by atoms with E-state index in [9.17, 15) is 19.2 Å². The van der Waals surface area contributed by atoms with Gasteiger partial charge >= 0.3 is 23.9 Å². The molecule has 0 saturated carbocycles. The molecule has 0 heterocycles. The van der Waals surface area contributed by atoms with E-state index >= 15 is 0 Å². The molecule has 0 saturated heterocycles. The van der Waals surface area contributed by atoms with Crippen LogP contribution in [-0.2, 0) is 38.1 Å². The molecule has 0 unspecified atom stereocenters. The molecule has 0 aromatic carbocycles. The predicted molar refractivity (Wildman–Crippen MR) is 94.4 cm³/mol. The molecular formula is C19H28O8. The Morgan fingerprint density at radius 2 is 0.926 bits per heavy atom. The molecule has 0 bridgehead atoms. The van der Waals surface area contributed by atoms with Crippen LogP contribution in [0.4, 0.5) is 0 Å². The van der Waals surface area contributed by atoms with Crippen LogP contribution < -0.4 is 0 Å². The van der Waals surface area contributed by atoms with Gasteiger partial charge in [0.2, 0.25) is 0 Å². The first kappa shape index (κ1) is 22.7. The van der Waals surface area contributed by atoms with E-state index in [4.69, 9.17) is 18.9 Å². The third-order valence-electron chi connectivity index (χ3n) is 3.78. The number of hydrogen-bond acceptors (Lipinski definition) is 8. The summed E-state index contributed by atoms with van der Waals surface area (Å²) in [7, 11) is 0. The average molecular weight is 384 g/mol. The lowest BCUT2D eigenvalue weighted by molar-refractivity contribution is -0.167. The normalized spacial score (nSPS) is 17.3. The zero-order valence-electron chi connectivity index (χ0n) is 17.1. The van der Waals surface area contributed by atoms with Crippen molar-refractivity contribution in [2.75, 3.05) is 0 Å². The first-order chi connectivity index (χ1) is 12.3. The quantitative estimate of drug-likeness (QED) is 0.463. The van der Waals surface area contributed by atoms with Gasteiger partial charge in [0.25, 0.3) is 0 Å². The Kier molecular flexibility index (Phi) is 7.17. The molecule has 0 fully saturated rings. The summed E-state index contributed by atoms with van der Waals surface area (Å²) in [5.74, 6) is -2.94. The molecule has 0 N–H and O–H groups in total. The number of ether oxygens (including phenoxy) is 4. The van der Waals surface area contributed by atoms with Gasteiger partial charge in [-0.1, -0.05) is 13.8 Å². The minimum absolute atomic E-state index is 0.112.